The van der Waals surface area contributed by atoms with Gasteiger partial charge >= 0.3 is 0 Å². The van der Waals surface area contributed by atoms with E-state index < -0.39 is 14.6 Å². The van der Waals surface area contributed by atoms with E-state index in [1.807, 2.05) is 16.8 Å². The predicted molar refractivity (Wildman–Crippen MR) is 80.3 cm³/mol. The highest BCUT2D eigenvalue weighted by molar-refractivity contribution is 7.92. The Hall–Kier alpha value is -0.920. The summed E-state index contributed by atoms with van der Waals surface area (Å²) in [5.74, 6) is -0.0575. The molecule has 0 bridgehead atoms. The van der Waals surface area contributed by atoms with Crippen molar-refractivity contribution in [2.75, 3.05) is 12.8 Å². The maximum Gasteiger partial charge on any atom is 0.241 e. The van der Waals surface area contributed by atoms with E-state index in [9.17, 15) is 13.2 Å². The molecule has 0 saturated carbocycles. The highest BCUT2D eigenvalue weighted by Crippen LogP contribution is 2.30. The summed E-state index contributed by atoms with van der Waals surface area (Å²) in [7, 11) is -3.24. The van der Waals surface area contributed by atoms with Gasteiger partial charge in [0.1, 0.15) is 6.17 Å². The first-order valence-corrected chi connectivity index (χ1v) is 9.25. The fraction of sp³-hybridized carbons (Fsp3) is 0.615. The van der Waals surface area contributed by atoms with Crippen LogP contribution in [-0.2, 0) is 14.6 Å². The van der Waals surface area contributed by atoms with E-state index in [0.717, 1.165) is 5.56 Å². The average Bonchev–Trinajstić information content (AvgIpc) is 2.91. The number of thiophene rings is 1. The molecule has 5 nitrogen and oxygen atoms in total. The van der Waals surface area contributed by atoms with Crippen LogP contribution in [0.15, 0.2) is 16.8 Å². The van der Waals surface area contributed by atoms with Crippen LogP contribution >= 0.6 is 11.3 Å². The third kappa shape index (κ3) is 2.75. The molecule has 1 N–H and O–H groups in total. The second kappa shape index (κ2) is 5.13. The van der Waals surface area contributed by atoms with Crippen LogP contribution in [0.2, 0.25) is 0 Å². The summed E-state index contributed by atoms with van der Waals surface area (Å²) in [6, 6.07) is 1.66. The Bertz CT molecular complexity index is 593. The second-order valence-corrected chi connectivity index (χ2v) is 9.28. The molecule has 1 fully saturated rings. The zero-order valence-corrected chi connectivity index (χ0v) is 13.7. The van der Waals surface area contributed by atoms with E-state index >= 15 is 0 Å². The molecular formula is C13H20N2O3S2. The Balaban J connectivity index is 2.30. The lowest BCUT2D eigenvalue weighted by Crippen LogP contribution is -2.46. The fourth-order valence-electron chi connectivity index (χ4n) is 2.18. The summed E-state index contributed by atoms with van der Waals surface area (Å²) in [5.41, 5.74) is 0.997. The van der Waals surface area contributed by atoms with Crippen LogP contribution in [0.3, 0.4) is 0 Å². The zero-order chi connectivity index (χ0) is 15.1. The Morgan fingerprint density at radius 2 is 2.10 bits per heavy atom. The standard InChI is InChI=1S/C13H20N2O3S2/c1-9-12(16)15(8-13(2,3)20(4,17)18)11(14-9)10-5-6-19-7-10/h5-7,9,11,14H,8H2,1-4H3. The number of hydrogen-bond acceptors (Lipinski definition) is 5. The van der Waals surface area contributed by atoms with Crippen molar-refractivity contribution in [1.82, 2.24) is 10.2 Å². The number of sulfone groups is 1. The van der Waals surface area contributed by atoms with Gasteiger partial charge in [-0.15, -0.1) is 0 Å². The van der Waals surface area contributed by atoms with Gasteiger partial charge in [-0.2, -0.15) is 11.3 Å². The van der Waals surface area contributed by atoms with Crippen LogP contribution in [0.1, 0.15) is 32.5 Å². The molecule has 0 aliphatic carbocycles. The van der Waals surface area contributed by atoms with Gasteiger partial charge in [0.05, 0.1) is 10.8 Å². The molecule has 20 heavy (non-hydrogen) atoms. The summed E-state index contributed by atoms with van der Waals surface area (Å²) in [5, 5.41) is 7.14. The van der Waals surface area contributed by atoms with Crippen molar-refractivity contribution in [3.05, 3.63) is 22.4 Å². The van der Waals surface area contributed by atoms with Crippen LogP contribution in [0.25, 0.3) is 0 Å². The first-order valence-electron chi connectivity index (χ1n) is 6.42. The van der Waals surface area contributed by atoms with Crippen molar-refractivity contribution in [1.29, 1.82) is 0 Å². The molecule has 0 aromatic carbocycles. The Kier molecular flexibility index (Phi) is 3.96. The summed E-state index contributed by atoms with van der Waals surface area (Å²) in [4.78, 5) is 13.9. The van der Waals surface area contributed by atoms with Crippen molar-refractivity contribution < 1.29 is 13.2 Å². The van der Waals surface area contributed by atoms with Crippen LogP contribution in [0, 0.1) is 0 Å². The van der Waals surface area contributed by atoms with Crippen molar-refractivity contribution in [2.45, 2.75) is 37.7 Å². The van der Waals surface area contributed by atoms with Crippen LogP contribution < -0.4 is 5.32 Å². The molecule has 2 heterocycles. The molecular weight excluding hydrogens is 296 g/mol. The number of carbonyl (C=O) groups excluding carboxylic acids is 1. The van der Waals surface area contributed by atoms with E-state index in [0.29, 0.717) is 0 Å². The molecule has 0 spiro atoms. The molecule has 1 amide bonds. The third-order valence-electron chi connectivity index (χ3n) is 3.79. The molecule has 112 valence electrons. The minimum atomic E-state index is -3.24. The first-order chi connectivity index (χ1) is 9.13. The minimum absolute atomic E-state index is 0.0575. The number of carbonyl (C=O) groups is 1. The number of hydrogen-bond donors (Lipinski definition) is 1. The van der Waals surface area contributed by atoms with Crippen molar-refractivity contribution in [3.8, 4) is 0 Å². The highest BCUT2D eigenvalue weighted by Gasteiger charge is 2.42. The Labute approximate surface area is 123 Å². The number of amides is 1. The lowest BCUT2D eigenvalue weighted by atomic mass is 10.1. The maximum atomic E-state index is 12.3. The van der Waals surface area contributed by atoms with Gasteiger partial charge in [0.15, 0.2) is 9.84 Å². The SMILES string of the molecule is CC1NC(c2ccsc2)N(CC(C)(C)S(C)(=O)=O)C1=O. The molecule has 7 heteroatoms. The number of nitrogens with zero attached hydrogens (tertiary/aromatic N) is 1. The Morgan fingerprint density at radius 3 is 2.60 bits per heavy atom. The van der Waals surface area contributed by atoms with Gasteiger partial charge in [0.2, 0.25) is 5.91 Å². The number of nitrogens with one attached hydrogen (secondary N) is 1. The molecule has 1 aliphatic rings. The van der Waals surface area contributed by atoms with Crippen molar-refractivity contribution in [2.24, 2.45) is 0 Å². The highest BCUT2D eigenvalue weighted by atomic mass is 32.2. The topological polar surface area (TPSA) is 66.5 Å². The first kappa shape index (κ1) is 15.5. The van der Waals surface area contributed by atoms with E-state index in [1.54, 1.807) is 37.0 Å². The largest absolute Gasteiger partial charge is 0.320 e. The quantitative estimate of drug-likeness (QED) is 0.911. The van der Waals surface area contributed by atoms with Crippen molar-refractivity contribution >= 4 is 27.1 Å². The lowest BCUT2D eigenvalue weighted by molar-refractivity contribution is -0.130. The van der Waals surface area contributed by atoms with E-state index in [-0.39, 0.29) is 24.7 Å². The summed E-state index contributed by atoms with van der Waals surface area (Å²) in [6.45, 7) is 5.30. The molecule has 1 aromatic heterocycles. The van der Waals surface area contributed by atoms with Gasteiger partial charge in [0.25, 0.3) is 0 Å². The van der Waals surface area contributed by atoms with E-state index in [4.69, 9.17) is 0 Å². The smallest absolute Gasteiger partial charge is 0.241 e. The van der Waals surface area contributed by atoms with Gasteiger partial charge in [-0.25, -0.2) is 8.42 Å². The summed E-state index contributed by atoms with van der Waals surface area (Å²) >= 11 is 1.56. The van der Waals surface area contributed by atoms with E-state index in [1.165, 1.54) is 6.26 Å². The molecule has 2 rings (SSSR count). The van der Waals surface area contributed by atoms with Gasteiger partial charge in [-0.1, -0.05) is 0 Å². The average molecular weight is 316 g/mol. The molecule has 2 atom stereocenters. The lowest BCUT2D eigenvalue weighted by Gasteiger charge is -2.32. The van der Waals surface area contributed by atoms with Crippen LogP contribution in [0.5, 0.6) is 0 Å². The van der Waals surface area contributed by atoms with Gasteiger partial charge in [-0.05, 0) is 43.2 Å². The second-order valence-electron chi connectivity index (χ2n) is 5.85. The fourth-order valence-corrected chi connectivity index (χ4v) is 3.23. The minimum Gasteiger partial charge on any atom is -0.320 e. The normalized spacial score (nSPS) is 24.4. The van der Waals surface area contributed by atoms with Crippen LogP contribution in [0.4, 0.5) is 0 Å². The zero-order valence-electron chi connectivity index (χ0n) is 12.1. The monoisotopic (exact) mass is 316 g/mol. The summed E-state index contributed by atoms with van der Waals surface area (Å²) in [6.07, 6.45) is 0.967. The molecule has 2 unspecified atom stereocenters. The Morgan fingerprint density at radius 1 is 1.45 bits per heavy atom. The molecule has 1 aliphatic heterocycles. The van der Waals surface area contributed by atoms with Gasteiger partial charge in [-0.3, -0.25) is 10.1 Å². The van der Waals surface area contributed by atoms with Crippen LogP contribution in [-0.4, -0.2) is 42.8 Å². The molecule has 1 aromatic rings. The predicted octanol–water partition coefficient (Wildman–Crippen LogP) is 1.39. The molecule has 1 saturated heterocycles. The van der Waals surface area contributed by atoms with Gasteiger partial charge < -0.3 is 4.90 Å². The summed E-state index contributed by atoms with van der Waals surface area (Å²) < 4.78 is 22.8. The third-order valence-corrected chi connectivity index (χ3v) is 6.62. The maximum absolute atomic E-state index is 12.3. The number of rotatable bonds is 4. The van der Waals surface area contributed by atoms with E-state index in [2.05, 4.69) is 5.32 Å². The van der Waals surface area contributed by atoms with Gasteiger partial charge in [0, 0.05) is 12.8 Å². The van der Waals surface area contributed by atoms with Crippen molar-refractivity contribution in [3.63, 3.8) is 0 Å². The molecule has 0 radical (unpaired) electrons.